The number of rotatable bonds is 8. The van der Waals surface area contributed by atoms with Gasteiger partial charge in [-0.05, 0) is 44.1 Å². The lowest BCUT2D eigenvalue weighted by Crippen LogP contribution is -2.30. The first kappa shape index (κ1) is 18.2. The van der Waals surface area contributed by atoms with Crippen LogP contribution in [0.15, 0.2) is 42.0 Å². The Hall–Kier alpha value is -2.10. The molecule has 1 atom stereocenters. The first-order valence-corrected chi connectivity index (χ1v) is 8.87. The third kappa shape index (κ3) is 5.84. The molecule has 1 unspecified atom stereocenters. The van der Waals surface area contributed by atoms with E-state index in [0.29, 0.717) is 13.0 Å². The monoisotopic (exact) mass is 329 g/mol. The Morgan fingerprint density at radius 3 is 2.67 bits per heavy atom. The SMILES string of the molecule is CCC(C(=O)OCC(=O)NCCC1=CCCCC1)c1ccccc1. The number of allylic oxidation sites excluding steroid dienone is 1. The van der Waals surface area contributed by atoms with Gasteiger partial charge in [0.05, 0.1) is 5.92 Å². The average molecular weight is 329 g/mol. The van der Waals surface area contributed by atoms with Crippen molar-refractivity contribution in [1.29, 1.82) is 0 Å². The van der Waals surface area contributed by atoms with Crippen LogP contribution in [-0.4, -0.2) is 25.0 Å². The van der Waals surface area contributed by atoms with E-state index in [4.69, 9.17) is 4.74 Å². The van der Waals surface area contributed by atoms with Gasteiger partial charge in [0.25, 0.3) is 5.91 Å². The third-order valence-corrected chi connectivity index (χ3v) is 4.39. The maximum absolute atomic E-state index is 12.2. The molecule has 1 aliphatic rings. The fourth-order valence-electron chi connectivity index (χ4n) is 3.01. The molecule has 0 fully saturated rings. The first-order valence-electron chi connectivity index (χ1n) is 8.87. The number of nitrogens with one attached hydrogen (secondary N) is 1. The highest BCUT2D eigenvalue weighted by atomic mass is 16.5. The molecule has 0 saturated heterocycles. The van der Waals surface area contributed by atoms with Crippen LogP contribution in [0.3, 0.4) is 0 Å². The number of amides is 1. The van der Waals surface area contributed by atoms with E-state index in [2.05, 4.69) is 11.4 Å². The fraction of sp³-hybridized carbons (Fsp3) is 0.500. The van der Waals surface area contributed by atoms with Crippen molar-refractivity contribution >= 4 is 11.9 Å². The molecule has 0 aromatic heterocycles. The molecule has 0 heterocycles. The van der Waals surface area contributed by atoms with Crippen molar-refractivity contribution in [2.45, 2.75) is 51.4 Å². The quantitative estimate of drug-likeness (QED) is 0.584. The Morgan fingerprint density at radius 1 is 1.21 bits per heavy atom. The Kier molecular flexibility index (Phi) is 7.53. The number of esters is 1. The van der Waals surface area contributed by atoms with Gasteiger partial charge in [-0.25, -0.2) is 0 Å². The maximum atomic E-state index is 12.2. The van der Waals surface area contributed by atoms with Gasteiger partial charge < -0.3 is 10.1 Å². The van der Waals surface area contributed by atoms with Crippen LogP contribution in [0.5, 0.6) is 0 Å². The molecule has 1 N–H and O–H groups in total. The molecule has 1 aliphatic carbocycles. The van der Waals surface area contributed by atoms with Crippen molar-refractivity contribution in [3.05, 3.63) is 47.5 Å². The van der Waals surface area contributed by atoms with Crippen molar-refractivity contribution in [3.8, 4) is 0 Å². The third-order valence-electron chi connectivity index (χ3n) is 4.39. The van der Waals surface area contributed by atoms with Crippen molar-refractivity contribution < 1.29 is 14.3 Å². The molecular formula is C20H27NO3. The lowest BCUT2D eigenvalue weighted by Gasteiger charge is -2.15. The summed E-state index contributed by atoms with van der Waals surface area (Å²) in [6.45, 7) is 2.34. The molecule has 130 valence electrons. The minimum absolute atomic E-state index is 0.207. The fourth-order valence-corrected chi connectivity index (χ4v) is 3.01. The summed E-state index contributed by atoms with van der Waals surface area (Å²) >= 11 is 0. The highest BCUT2D eigenvalue weighted by molar-refractivity contribution is 5.83. The van der Waals surface area contributed by atoms with Crippen LogP contribution in [0.1, 0.15) is 56.9 Å². The van der Waals surface area contributed by atoms with E-state index in [-0.39, 0.29) is 24.4 Å². The molecule has 0 aliphatic heterocycles. The van der Waals surface area contributed by atoms with Crippen LogP contribution >= 0.6 is 0 Å². The summed E-state index contributed by atoms with van der Waals surface area (Å²) in [5.41, 5.74) is 2.35. The predicted molar refractivity (Wildman–Crippen MR) is 94.6 cm³/mol. The minimum atomic E-state index is -0.339. The molecule has 1 amide bonds. The van der Waals surface area contributed by atoms with Gasteiger partial charge in [0.1, 0.15) is 0 Å². The summed E-state index contributed by atoms with van der Waals surface area (Å²) in [5.74, 6) is -0.886. The summed E-state index contributed by atoms with van der Waals surface area (Å²) in [7, 11) is 0. The summed E-state index contributed by atoms with van der Waals surface area (Å²) < 4.78 is 5.19. The maximum Gasteiger partial charge on any atom is 0.313 e. The highest BCUT2D eigenvalue weighted by Crippen LogP contribution is 2.21. The van der Waals surface area contributed by atoms with E-state index < -0.39 is 0 Å². The number of carbonyl (C=O) groups is 2. The number of hydrogen-bond donors (Lipinski definition) is 1. The Bertz CT molecular complexity index is 566. The van der Waals surface area contributed by atoms with Crippen LogP contribution in [0.25, 0.3) is 0 Å². The minimum Gasteiger partial charge on any atom is -0.455 e. The zero-order chi connectivity index (χ0) is 17.2. The molecule has 0 spiro atoms. The van der Waals surface area contributed by atoms with Crippen LogP contribution < -0.4 is 5.32 Å². The standard InChI is InChI=1S/C20H27NO3/c1-2-18(17-11-7-4-8-12-17)20(23)24-15-19(22)21-14-13-16-9-5-3-6-10-16/h4,7-9,11-12,18H,2-3,5-6,10,13-15H2,1H3,(H,21,22). The molecule has 4 heteroatoms. The summed E-state index contributed by atoms with van der Waals surface area (Å²) in [5, 5.41) is 2.83. The lowest BCUT2D eigenvalue weighted by atomic mass is 9.97. The van der Waals surface area contributed by atoms with Gasteiger partial charge in [-0.1, -0.05) is 48.9 Å². The number of ether oxygens (including phenoxy) is 1. The second-order valence-electron chi connectivity index (χ2n) is 6.19. The van der Waals surface area contributed by atoms with Crippen molar-refractivity contribution in [2.75, 3.05) is 13.2 Å². The van der Waals surface area contributed by atoms with E-state index in [1.807, 2.05) is 37.3 Å². The van der Waals surface area contributed by atoms with Gasteiger partial charge in [0.15, 0.2) is 6.61 Å². The number of benzene rings is 1. The van der Waals surface area contributed by atoms with E-state index in [0.717, 1.165) is 24.8 Å². The van der Waals surface area contributed by atoms with E-state index in [9.17, 15) is 9.59 Å². The predicted octanol–water partition coefficient (Wildman–Crippen LogP) is 3.73. The number of hydrogen-bond acceptors (Lipinski definition) is 3. The Morgan fingerprint density at radius 2 is 2.00 bits per heavy atom. The summed E-state index contributed by atoms with van der Waals surface area (Å²) in [6.07, 6.45) is 8.63. The molecule has 1 aromatic rings. The smallest absolute Gasteiger partial charge is 0.313 e. The largest absolute Gasteiger partial charge is 0.455 e. The van der Waals surface area contributed by atoms with Crippen LogP contribution in [-0.2, 0) is 14.3 Å². The van der Waals surface area contributed by atoms with Crippen LogP contribution in [0, 0.1) is 0 Å². The first-order chi connectivity index (χ1) is 11.7. The molecule has 4 nitrogen and oxygen atoms in total. The molecule has 24 heavy (non-hydrogen) atoms. The van der Waals surface area contributed by atoms with Gasteiger partial charge in [-0.2, -0.15) is 0 Å². The van der Waals surface area contributed by atoms with E-state index >= 15 is 0 Å². The summed E-state index contributed by atoms with van der Waals surface area (Å²) in [4.78, 5) is 24.0. The van der Waals surface area contributed by atoms with Crippen LogP contribution in [0.4, 0.5) is 0 Å². The average Bonchev–Trinajstić information content (AvgIpc) is 2.62. The van der Waals surface area contributed by atoms with Gasteiger partial charge in [0.2, 0.25) is 0 Å². The Labute approximate surface area is 144 Å². The van der Waals surface area contributed by atoms with E-state index in [1.165, 1.54) is 18.4 Å². The van der Waals surface area contributed by atoms with Crippen LogP contribution in [0.2, 0.25) is 0 Å². The molecular weight excluding hydrogens is 302 g/mol. The van der Waals surface area contributed by atoms with Gasteiger partial charge in [-0.15, -0.1) is 0 Å². The molecule has 0 saturated carbocycles. The zero-order valence-corrected chi connectivity index (χ0v) is 14.4. The number of carbonyl (C=O) groups excluding carboxylic acids is 2. The second kappa shape index (κ2) is 9.91. The Balaban J connectivity index is 1.70. The van der Waals surface area contributed by atoms with Gasteiger partial charge in [-0.3, -0.25) is 9.59 Å². The normalized spacial score (nSPS) is 15.3. The summed E-state index contributed by atoms with van der Waals surface area (Å²) in [6, 6.07) is 9.54. The second-order valence-corrected chi connectivity index (χ2v) is 6.19. The van der Waals surface area contributed by atoms with Gasteiger partial charge in [0, 0.05) is 6.54 Å². The van der Waals surface area contributed by atoms with Crippen molar-refractivity contribution in [1.82, 2.24) is 5.32 Å². The van der Waals surface area contributed by atoms with Crippen molar-refractivity contribution in [2.24, 2.45) is 0 Å². The van der Waals surface area contributed by atoms with Gasteiger partial charge >= 0.3 is 5.97 Å². The molecule has 0 bridgehead atoms. The van der Waals surface area contributed by atoms with Crippen molar-refractivity contribution in [3.63, 3.8) is 0 Å². The lowest BCUT2D eigenvalue weighted by molar-refractivity contribution is -0.150. The zero-order valence-electron chi connectivity index (χ0n) is 14.4. The molecule has 2 rings (SSSR count). The molecule has 1 aromatic carbocycles. The molecule has 0 radical (unpaired) electrons. The highest BCUT2D eigenvalue weighted by Gasteiger charge is 2.20. The van der Waals surface area contributed by atoms with E-state index in [1.54, 1.807) is 0 Å². The topological polar surface area (TPSA) is 55.4 Å².